The molecule has 2 rings (SSSR count). The molecule has 1 heterocycles. The summed E-state index contributed by atoms with van der Waals surface area (Å²) in [6.45, 7) is 1.13. The van der Waals surface area contributed by atoms with Crippen molar-refractivity contribution in [1.29, 1.82) is 0 Å². The number of amides is 1. The summed E-state index contributed by atoms with van der Waals surface area (Å²) in [7, 11) is 1.83. The van der Waals surface area contributed by atoms with Crippen LogP contribution in [0.2, 0.25) is 0 Å². The Morgan fingerprint density at radius 3 is 2.89 bits per heavy atom. The van der Waals surface area contributed by atoms with E-state index in [0.29, 0.717) is 18.7 Å². The molecule has 0 fully saturated rings. The van der Waals surface area contributed by atoms with Gasteiger partial charge >= 0.3 is 0 Å². The number of carbonyl (C=O) groups excluding carboxylic acids is 2. The van der Waals surface area contributed by atoms with Crippen molar-refractivity contribution < 1.29 is 9.59 Å². The van der Waals surface area contributed by atoms with E-state index in [4.69, 9.17) is 0 Å². The van der Waals surface area contributed by atoms with E-state index in [1.54, 1.807) is 6.07 Å². The zero-order valence-corrected chi connectivity index (χ0v) is 10.1. The summed E-state index contributed by atoms with van der Waals surface area (Å²) < 4.78 is 0. The number of nitrogens with one attached hydrogen (secondary N) is 3. The Morgan fingerprint density at radius 1 is 1.44 bits per heavy atom. The fraction of sp³-hybridized carbons (Fsp3) is 0.231. The van der Waals surface area contributed by atoms with Crippen LogP contribution in [0.1, 0.15) is 15.9 Å². The van der Waals surface area contributed by atoms with Gasteiger partial charge in [-0.1, -0.05) is 0 Å². The number of carbonyl (C=O) groups is 2. The Hall–Kier alpha value is -2.14. The maximum Gasteiger partial charge on any atom is 0.246 e. The third-order valence-corrected chi connectivity index (χ3v) is 2.70. The number of aldehydes is 1. The van der Waals surface area contributed by atoms with Gasteiger partial charge < -0.3 is 16.0 Å². The summed E-state index contributed by atoms with van der Waals surface area (Å²) in [6.07, 6.45) is 2.38. The average molecular weight is 245 g/mol. The first-order chi connectivity index (χ1) is 8.72. The molecule has 1 aromatic carbocycles. The van der Waals surface area contributed by atoms with Gasteiger partial charge in [0.05, 0.1) is 6.54 Å². The van der Waals surface area contributed by atoms with E-state index in [0.717, 1.165) is 23.2 Å². The summed E-state index contributed by atoms with van der Waals surface area (Å²) in [5, 5.41) is 8.86. The Kier molecular flexibility index (Phi) is 3.74. The summed E-state index contributed by atoms with van der Waals surface area (Å²) in [5.74, 6) is -0.0857. The second-order valence-corrected chi connectivity index (χ2v) is 4.07. The lowest BCUT2D eigenvalue weighted by molar-refractivity contribution is -0.115. The predicted molar refractivity (Wildman–Crippen MR) is 69.3 cm³/mol. The highest BCUT2D eigenvalue weighted by Crippen LogP contribution is 2.17. The molecule has 0 spiro atoms. The van der Waals surface area contributed by atoms with Crippen molar-refractivity contribution >= 4 is 17.9 Å². The van der Waals surface area contributed by atoms with Gasteiger partial charge in [-0.05, 0) is 30.8 Å². The highest BCUT2D eigenvalue weighted by molar-refractivity contribution is 5.91. The van der Waals surface area contributed by atoms with Crippen molar-refractivity contribution in [3.05, 3.63) is 41.1 Å². The zero-order valence-electron chi connectivity index (χ0n) is 10.1. The van der Waals surface area contributed by atoms with Crippen LogP contribution in [0.4, 0.5) is 5.69 Å². The molecule has 0 saturated carbocycles. The van der Waals surface area contributed by atoms with E-state index < -0.39 is 0 Å². The van der Waals surface area contributed by atoms with Gasteiger partial charge in [-0.3, -0.25) is 9.59 Å². The molecule has 0 aromatic heterocycles. The molecule has 0 saturated heterocycles. The molecule has 18 heavy (non-hydrogen) atoms. The van der Waals surface area contributed by atoms with Crippen molar-refractivity contribution in [3.63, 3.8) is 0 Å². The molecule has 1 aliphatic heterocycles. The minimum absolute atomic E-state index is 0.0857. The van der Waals surface area contributed by atoms with E-state index in [9.17, 15) is 9.59 Å². The molecule has 5 heteroatoms. The van der Waals surface area contributed by atoms with Gasteiger partial charge in [0.15, 0.2) is 0 Å². The lowest BCUT2D eigenvalue weighted by atomic mass is 10.1. The maximum atomic E-state index is 11.0. The molecule has 3 N–H and O–H groups in total. The summed E-state index contributed by atoms with van der Waals surface area (Å²) in [6, 6.07) is 5.50. The fourth-order valence-corrected chi connectivity index (χ4v) is 1.85. The fourth-order valence-electron chi connectivity index (χ4n) is 1.85. The Labute approximate surface area is 105 Å². The van der Waals surface area contributed by atoms with Gasteiger partial charge in [-0.2, -0.15) is 0 Å². The molecule has 0 bridgehead atoms. The lowest BCUT2D eigenvalue weighted by Gasteiger charge is -2.10. The highest BCUT2D eigenvalue weighted by Gasteiger charge is 2.11. The number of benzene rings is 1. The molecular formula is C13H15N3O2. The Bertz CT molecular complexity index is 509. The van der Waals surface area contributed by atoms with Crippen LogP contribution in [0, 0.1) is 0 Å². The van der Waals surface area contributed by atoms with Crippen LogP contribution < -0.4 is 16.0 Å². The van der Waals surface area contributed by atoms with Crippen LogP contribution in [0.5, 0.6) is 0 Å². The molecule has 0 unspecified atom stereocenters. The minimum Gasteiger partial charge on any atom is -0.357 e. The van der Waals surface area contributed by atoms with E-state index in [1.165, 1.54) is 6.08 Å². The topological polar surface area (TPSA) is 70.2 Å². The lowest BCUT2D eigenvalue weighted by Crippen LogP contribution is -2.16. The minimum atomic E-state index is -0.0857. The van der Waals surface area contributed by atoms with E-state index >= 15 is 0 Å². The van der Waals surface area contributed by atoms with Gasteiger partial charge in [0, 0.05) is 29.6 Å². The molecule has 0 radical (unpaired) electrons. The first-order valence-corrected chi connectivity index (χ1v) is 5.71. The van der Waals surface area contributed by atoms with Crippen molar-refractivity contribution in [3.8, 4) is 0 Å². The van der Waals surface area contributed by atoms with Gasteiger partial charge in [0.1, 0.15) is 6.29 Å². The van der Waals surface area contributed by atoms with Crippen LogP contribution in [-0.4, -0.2) is 25.8 Å². The van der Waals surface area contributed by atoms with E-state index in [1.807, 2.05) is 19.2 Å². The smallest absolute Gasteiger partial charge is 0.246 e. The van der Waals surface area contributed by atoms with Crippen LogP contribution >= 0.6 is 0 Å². The van der Waals surface area contributed by atoms with Crippen LogP contribution in [-0.2, 0) is 11.3 Å². The van der Waals surface area contributed by atoms with Crippen molar-refractivity contribution in [1.82, 2.24) is 10.6 Å². The Balaban J connectivity index is 2.18. The standard InChI is InChI=1S/C13H15N3O2/c1-14-6-10-4-11(3-2-9(10)8-17)16-12-5-13(18)15-7-12/h2-5,8,14,16H,6-7H2,1H3,(H,15,18). The zero-order chi connectivity index (χ0) is 13.0. The molecule has 5 nitrogen and oxygen atoms in total. The molecule has 94 valence electrons. The molecule has 0 atom stereocenters. The van der Waals surface area contributed by atoms with Crippen molar-refractivity contribution in [2.75, 3.05) is 18.9 Å². The second-order valence-electron chi connectivity index (χ2n) is 4.07. The number of anilines is 1. The molecule has 1 aliphatic rings. The summed E-state index contributed by atoms with van der Waals surface area (Å²) in [5.41, 5.74) is 3.29. The average Bonchev–Trinajstić information content (AvgIpc) is 2.76. The molecule has 0 aliphatic carbocycles. The Morgan fingerprint density at radius 2 is 2.28 bits per heavy atom. The van der Waals surface area contributed by atoms with Crippen LogP contribution in [0.15, 0.2) is 30.0 Å². The number of hydrogen-bond acceptors (Lipinski definition) is 4. The SMILES string of the molecule is CNCc1cc(NC2=CC(=O)NC2)ccc1C=O. The van der Waals surface area contributed by atoms with Crippen LogP contribution in [0.3, 0.4) is 0 Å². The highest BCUT2D eigenvalue weighted by atomic mass is 16.1. The van der Waals surface area contributed by atoms with Gasteiger partial charge in [-0.25, -0.2) is 0 Å². The monoisotopic (exact) mass is 245 g/mol. The first-order valence-electron chi connectivity index (χ1n) is 5.71. The van der Waals surface area contributed by atoms with Crippen molar-refractivity contribution in [2.45, 2.75) is 6.54 Å². The molecular weight excluding hydrogens is 230 g/mol. The predicted octanol–water partition coefficient (Wildman–Crippen LogP) is 0.644. The second kappa shape index (κ2) is 5.46. The molecule has 1 aromatic rings. The largest absolute Gasteiger partial charge is 0.357 e. The molecule has 1 amide bonds. The van der Waals surface area contributed by atoms with E-state index in [-0.39, 0.29) is 5.91 Å². The quantitative estimate of drug-likeness (QED) is 0.666. The summed E-state index contributed by atoms with van der Waals surface area (Å²) in [4.78, 5) is 21.9. The van der Waals surface area contributed by atoms with Gasteiger partial charge in [-0.15, -0.1) is 0 Å². The van der Waals surface area contributed by atoms with Crippen LogP contribution in [0.25, 0.3) is 0 Å². The third kappa shape index (κ3) is 2.75. The number of rotatable bonds is 5. The van der Waals surface area contributed by atoms with Crippen molar-refractivity contribution in [2.24, 2.45) is 0 Å². The van der Waals surface area contributed by atoms with E-state index in [2.05, 4.69) is 16.0 Å². The normalized spacial score (nSPS) is 14.1. The number of hydrogen-bond donors (Lipinski definition) is 3. The third-order valence-electron chi connectivity index (χ3n) is 2.70. The summed E-state index contributed by atoms with van der Waals surface area (Å²) >= 11 is 0. The first kappa shape index (κ1) is 12.3. The van der Waals surface area contributed by atoms with Gasteiger partial charge in [0.25, 0.3) is 0 Å². The van der Waals surface area contributed by atoms with Gasteiger partial charge in [0.2, 0.25) is 5.91 Å². The maximum absolute atomic E-state index is 11.0.